The molecule has 6 nitrogen and oxygen atoms in total. The molecule has 0 radical (unpaired) electrons. The third-order valence-corrected chi connectivity index (χ3v) is 5.69. The number of hydrogen-bond donors (Lipinski definition) is 0. The quantitative estimate of drug-likeness (QED) is 0.532. The van der Waals surface area contributed by atoms with E-state index >= 15 is 0 Å². The molecule has 0 aromatic heterocycles. The minimum absolute atomic E-state index is 0. The van der Waals surface area contributed by atoms with Crippen LogP contribution in [0.5, 0.6) is 23.0 Å². The highest BCUT2D eigenvalue weighted by Crippen LogP contribution is 2.32. The molecule has 4 rings (SSSR count). The zero-order chi connectivity index (χ0) is 20.8. The van der Waals surface area contributed by atoms with E-state index in [2.05, 4.69) is 23.6 Å². The Labute approximate surface area is 203 Å². The topological polar surface area (TPSA) is 43.4 Å². The van der Waals surface area contributed by atoms with Crippen LogP contribution in [0.15, 0.2) is 48.5 Å². The molecule has 2 heterocycles. The van der Waals surface area contributed by atoms with Crippen LogP contribution in [0.2, 0.25) is 0 Å². The first kappa shape index (κ1) is 26.4. The van der Waals surface area contributed by atoms with Crippen molar-refractivity contribution in [3.05, 3.63) is 48.5 Å². The summed E-state index contributed by atoms with van der Waals surface area (Å²) in [5.74, 6) is 3.36. The Hall–Kier alpha value is -1.86. The van der Waals surface area contributed by atoms with Gasteiger partial charge >= 0.3 is 0 Å². The summed E-state index contributed by atoms with van der Waals surface area (Å²) in [4.78, 5) is 4.86. The van der Waals surface area contributed by atoms with Crippen LogP contribution in [-0.4, -0.2) is 74.5 Å². The predicted molar refractivity (Wildman–Crippen MR) is 131 cm³/mol. The number of para-hydroxylation sites is 4. The van der Waals surface area contributed by atoms with E-state index in [1.165, 1.54) is 0 Å². The van der Waals surface area contributed by atoms with Gasteiger partial charge in [0.2, 0.25) is 0 Å². The lowest BCUT2D eigenvalue weighted by Gasteiger charge is -2.33. The standard InChI is InChI=1S/C24H32N2O4.2ClH/c1-3-25(15-19-17-27-21-9-5-7-11-23(21)29-19)13-14-26(4-2)16-20-18-28-22-10-6-8-12-24(22)30-20;;/h5-12,19-20H,3-4,13-18H2,1-2H3;2*1H. The molecule has 0 saturated heterocycles. The van der Waals surface area contributed by atoms with Gasteiger partial charge in [-0.1, -0.05) is 38.1 Å². The van der Waals surface area contributed by atoms with Crippen molar-refractivity contribution < 1.29 is 18.9 Å². The highest BCUT2D eigenvalue weighted by atomic mass is 35.5. The first-order valence-electron chi connectivity index (χ1n) is 11.0. The molecule has 0 bridgehead atoms. The zero-order valence-corrected chi connectivity index (χ0v) is 20.4. The molecule has 2 atom stereocenters. The fourth-order valence-electron chi connectivity index (χ4n) is 3.92. The van der Waals surface area contributed by atoms with Crippen molar-refractivity contribution in [3.8, 4) is 23.0 Å². The molecule has 178 valence electrons. The molecule has 2 aliphatic rings. The van der Waals surface area contributed by atoms with Crippen molar-refractivity contribution in [2.75, 3.05) is 52.5 Å². The van der Waals surface area contributed by atoms with Crippen molar-refractivity contribution in [2.24, 2.45) is 0 Å². The molecule has 0 amide bonds. The SMILES string of the molecule is CCN(CCN(CC)CC1COc2ccccc2O1)CC1COc2ccccc2O1.Cl.Cl. The normalized spacial score (nSPS) is 18.6. The fraction of sp³-hybridized carbons (Fsp3) is 0.500. The van der Waals surface area contributed by atoms with Crippen LogP contribution in [-0.2, 0) is 0 Å². The summed E-state index contributed by atoms with van der Waals surface area (Å²) in [5.41, 5.74) is 0. The van der Waals surface area contributed by atoms with E-state index < -0.39 is 0 Å². The molecule has 0 saturated carbocycles. The second-order valence-corrected chi connectivity index (χ2v) is 7.78. The maximum absolute atomic E-state index is 6.14. The van der Waals surface area contributed by atoms with E-state index in [1.807, 2.05) is 48.5 Å². The molecule has 0 aliphatic carbocycles. The van der Waals surface area contributed by atoms with Gasteiger partial charge in [0, 0.05) is 26.2 Å². The molecule has 8 heteroatoms. The number of nitrogens with zero attached hydrogens (tertiary/aromatic N) is 2. The van der Waals surface area contributed by atoms with E-state index in [9.17, 15) is 0 Å². The van der Waals surface area contributed by atoms with Crippen molar-refractivity contribution in [3.63, 3.8) is 0 Å². The molecular formula is C24H34Cl2N2O4. The third-order valence-electron chi connectivity index (χ3n) is 5.69. The lowest BCUT2D eigenvalue weighted by atomic mass is 10.2. The lowest BCUT2D eigenvalue weighted by Crippen LogP contribution is -2.46. The predicted octanol–water partition coefficient (Wildman–Crippen LogP) is 4.15. The summed E-state index contributed by atoms with van der Waals surface area (Å²) < 4.78 is 24.0. The zero-order valence-electron chi connectivity index (χ0n) is 18.8. The maximum Gasteiger partial charge on any atom is 0.161 e. The number of rotatable bonds is 9. The van der Waals surface area contributed by atoms with Gasteiger partial charge in [0.05, 0.1) is 0 Å². The number of benzene rings is 2. The van der Waals surface area contributed by atoms with Gasteiger partial charge in [-0.15, -0.1) is 24.8 Å². The Bertz CT molecular complexity index is 759. The number of likely N-dealkylation sites (N-methyl/N-ethyl adjacent to an activating group) is 2. The van der Waals surface area contributed by atoms with Crippen LogP contribution in [0, 0.1) is 0 Å². The summed E-state index contributed by atoms with van der Waals surface area (Å²) >= 11 is 0. The molecule has 0 fully saturated rings. The Morgan fingerprint density at radius 2 is 1.03 bits per heavy atom. The summed E-state index contributed by atoms with van der Waals surface area (Å²) in [6.07, 6.45) is 0.114. The van der Waals surface area contributed by atoms with E-state index in [1.54, 1.807) is 0 Å². The Balaban J connectivity index is 0.00000181. The second-order valence-electron chi connectivity index (χ2n) is 7.78. The lowest BCUT2D eigenvalue weighted by molar-refractivity contribution is 0.0452. The molecule has 2 aromatic rings. The van der Waals surface area contributed by atoms with Crippen LogP contribution < -0.4 is 18.9 Å². The van der Waals surface area contributed by atoms with Crippen LogP contribution in [0.3, 0.4) is 0 Å². The van der Waals surface area contributed by atoms with Crippen LogP contribution in [0.1, 0.15) is 13.8 Å². The van der Waals surface area contributed by atoms with Crippen molar-refractivity contribution in [1.82, 2.24) is 9.80 Å². The Morgan fingerprint density at radius 3 is 1.41 bits per heavy atom. The molecule has 2 unspecified atom stereocenters. The van der Waals surface area contributed by atoms with Gasteiger partial charge < -0.3 is 18.9 Å². The molecule has 0 N–H and O–H groups in total. The minimum atomic E-state index is 0. The molecule has 2 aliphatic heterocycles. The van der Waals surface area contributed by atoms with Gasteiger partial charge in [0.25, 0.3) is 0 Å². The number of ether oxygens (including phenoxy) is 4. The molecule has 2 aromatic carbocycles. The fourth-order valence-corrected chi connectivity index (χ4v) is 3.92. The Kier molecular flexibility index (Phi) is 10.7. The summed E-state index contributed by atoms with van der Waals surface area (Å²) in [5, 5.41) is 0. The van der Waals surface area contributed by atoms with E-state index in [0.29, 0.717) is 13.2 Å². The van der Waals surface area contributed by atoms with Gasteiger partial charge in [0.1, 0.15) is 25.4 Å². The van der Waals surface area contributed by atoms with Gasteiger partial charge in [-0.2, -0.15) is 0 Å². The largest absolute Gasteiger partial charge is 0.486 e. The van der Waals surface area contributed by atoms with Crippen molar-refractivity contribution in [1.29, 1.82) is 0 Å². The first-order valence-corrected chi connectivity index (χ1v) is 11.0. The van der Waals surface area contributed by atoms with Crippen molar-refractivity contribution >= 4 is 24.8 Å². The summed E-state index contributed by atoms with van der Waals surface area (Å²) in [6, 6.07) is 15.8. The number of hydrogen-bond acceptors (Lipinski definition) is 6. The summed E-state index contributed by atoms with van der Waals surface area (Å²) in [6.45, 7) is 11.2. The van der Waals surface area contributed by atoms with Crippen LogP contribution in [0.25, 0.3) is 0 Å². The van der Waals surface area contributed by atoms with Crippen molar-refractivity contribution in [2.45, 2.75) is 26.1 Å². The average Bonchev–Trinajstić information content (AvgIpc) is 2.80. The molecular weight excluding hydrogens is 451 g/mol. The Morgan fingerprint density at radius 1 is 0.656 bits per heavy atom. The monoisotopic (exact) mass is 484 g/mol. The smallest absolute Gasteiger partial charge is 0.161 e. The average molecular weight is 485 g/mol. The third kappa shape index (κ3) is 6.82. The van der Waals surface area contributed by atoms with Crippen LogP contribution in [0.4, 0.5) is 0 Å². The van der Waals surface area contributed by atoms with Crippen LogP contribution >= 0.6 is 24.8 Å². The van der Waals surface area contributed by atoms with E-state index in [4.69, 9.17) is 18.9 Å². The molecule has 0 spiro atoms. The van der Waals surface area contributed by atoms with E-state index in [0.717, 1.165) is 62.3 Å². The maximum atomic E-state index is 6.14. The van der Waals surface area contributed by atoms with E-state index in [-0.39, 0.29) is 37.0 Å². The molecule has 32 heavy (non-hydrogen) atoms. The second kappa shape index (κ2) is 13.0. The van der Waals surface area contributed by atoms with Gasteiger partial charge in [-0.25, -0.2) is 0 Å². The van der Waals surface area contributed by atoms with Gasteiger partial charge in [-0.3, -0.25) is 9.80 Å². The number of halogens is 2. The first-order chi connectivity index (χ1) is 14.7. The van der Waals surface area contributed by atoms with Gasteiger partial charge in [0.15, 0.2) is 23.0 Å². The van der Waals surface area contributed by atoms with Gasteiger partial charge in [-0.05, 0) is 37.4 Å². The highest BCUT2D eigenvalue weighted by Gasteiger charge is 2.25. The highest BCUT2D eigenvalue weighted by molar-refractivity contribution is 5.85. The minimum Gasteiger partial charge on any atom is -0.486 e. The summed E-state index contributed by atoms with van der Waals surface area (Å²) in [7, 11) is 0. The number of fused-ring (bicyclic) bond motifs is 2.